The number of hydrogen-bond donors (Lipinski definition) is 1. The molecule has 0 unspecified atom stereocenters. The highest BCUT2D eigenvalue weighted by Gasteiger charge is 2.51. The third-order valence-corrected chi connectivity index (χ3v) is 4.10. The third-order valence-electron chi connectivity index (χ3n) is 4.10. The van der Waals surface area contributed by atoms with E-state index in [1.54, 1.807) is 0 Å². The van der Waals surface area contributed by atoms with Gasteiger partial charge < -0.3 is 14.3 Å². The molecule has 0 spiro atoms. The molecule has 1 aliphatic rings. The van der Waals surface area contributed by atoms with Crippen LogP contribution in [0.15, 0.2) is 30.5 Å². The normalized spacial score (nSPS) is 21.7. The van der Waals surface area contributed by atoms with Crippen LogP contribution >= 0.6 is 0 Å². The molecule has 2 heterocycles. The second kappa shape index (κ2) is 3.62. The molecule has 0 saturated carbocycles. The molecule has 0 amide bonds. The average molecular weight is 243 g/mol. The van der Waals surface area contributed by atoms with E-state index < -0.39 is 0 Å². The number of nitrogens with one attached hydrogen (secondary N) is 1. The molecule has 0 radical (unpaired) electrons. The van der Waals surface area contributed by atoms with Gasteiger partial charge in [-0.15, -0.1) is 0 Å². The van der Waals surface area contributed by atoms with Crippen molar-refractivity contribution in [1.29, 1.82) is 0 Å². The largest absolute Gasteiger partial charge is 0.494 e. The molecule has 3 rings (SSSR count). The maximum Gasteiger partial charge on any atom is 0.494 e. The summed E-state index contributed by atoms with van der Waals surface area (Å²) >= 11 is 0. The Labute approximate surface area is 108 Å². The van der Waals surface area contributed by atoms with Gasteiger partial charge in [-0.2, -0.15) is 0 Å². The molecule has 1 aromatic carbocycles. The molecule has 1 saturated heterocycles. The van der Waals surface area contributed by atoms with Gasteiger partial charge in [0, 0.05) is 11.7 Å². The average Bonchev–Trinajstić information content (AvgIpc) is 2.80. The lowest BCUT2D eigenvalue weighted by Crippen LogP contribution is -2.41. The lowest BCUT2D eigenvalue weighted by atomic mass is 9.79. The van der Waals surface area contributed by atoms with Crippen molar-refractivity contribution in [2.75, 3.05) is 0 Å². The first-order valence-corrected chi connectivity index (χ1v) is 6.32. The zero-order chi connectivity index (χ0) is 13.0. The van der Waals surface area contributed by atoms with Crippen LogP contribution in [-0.2, 0) is 9.31 Å². The number of rotatable bonds is 1. The predicted octanol–water partition coefficient (Wildman–Crippen LogP) is 2.47. The van der Waals surface area contributed by atoms with Crippen molar-refractivity contribution in [3.63, 3.8) is 0 Å². The van der Waals surface area contributed by atoms with Crippen molar-refractivity contribution in [3.05, 3.63) is 30.5 Å². The first-order chi connectivity index (χ1) is 8.39. The van der Waals surface area contributed by atoms with Gasteiger partial charge >= 0.3 is 7.12 Å². The standard InChI is InChI=1S/C14H18BNO2/c1-13(2)14(3,4)18-15(17-13)11-6-5-10-7-8-16-12(10)9-11/h5-9,16H,1-4H3. The van der Waals surface area contributed by atoms with Gasteiger partial charge in [0.2, 0.25) is 0 Å². The van der Waals surface area contributed by atoms with Crippen LogP contribution < -0.4 is 5.46 Å². The van der Waals surface area contributed by atoms with Gasteiger partial charge in [0.05, 0.1) is 11.2 Å². The van der Waals surface area contributed by atoms with E-state index >= 15 is 0 Å². The SMILES string of the molecule is CC1(C)OB(c2ccc3cc[nH]c3c2)OC1(C)C. The lowest BCUT2D eigenvalue weighted by Gasteiger charge is -2.32. The first-order valence-electron chi connectivity index (χ1n) is 6.32. The second-order valence-electron chi connectivity index (χ2n) is 5.91. The van der Waals surface area contributed by atoms with E-state index in [-0.39, 0.29) is 18.3 Å². The van der Waals surface area contributed by atoms with Crippen LogP contribution in [0.3, 0.4) is 0 Å². The van der Waals surface area contributed by atoms with E-state index in [1.165, 1.54) is 5.39 Å². The smallest absolute Gasteiger partial charge is 0.399 e. The maximum atomic E-state index is 6.04. The summed E-state index contributed by atoms with van der Waals surface area (Å²) in [6.07, 6.45) is 1.94. The van der Waals surface area contributed by atoms with Gasteiger partial charge in [-0.1, -0.05) is 12.1 Å². The quantitative estimate of drug-likeness (QED) is 0.780. The number of aromatic amines is 1. The first kappa shape index (κ1) is 11.8. The van der Waals surface area contributed by atoms with Gasteiger partial charge in [-0.25, -0.2) is 0 Å². The minimum Gasteiger partial charge on any atom is -0.399 e. The Hall–Kier alpha value is -1.26. The Morgan fingerprint density at radius 2 is 1.67 bits per heavy atom. The number of benzene rings is 1. The van der Waals surface area contributed by atoms with Crippen LogP contribution in [0, 0.1) is 0 Å². The van der Waals surface area contributed by atoms with Gasteiger partial charge in [-0.3, -0.25) is 0 Å². The van der Waals surface area contributed by atoms with Crippen molar-refractivity contribution in [1.82, 2.24) is 4.98 Å². The molecule has 0 atom stereocenters. The highest BCUT2D eigenvalue weighted by Crippen LogP contribution is 2.36. The summed E-state index contributed by atoms with van der Waals surface area (Å²) in [5.41, 5.74) is 1.59. The highest BCUT2D eigenvalue weighted by atomic mass is 16.7. The van der Waals surface area contributed by atoms with Crippen LogP contribution in [0.5, 0.6) is 0 Å². The third kappa shape index (κ3) is 1.68. The summed E-state index contributed by atoms with van der Waals surface area (Å²) in [6.45, 7) is 8.28. The fraction of sp³-hybridized carbons (Fsp3) is 0.429. The van der Waals surface area contributed by atoms with Gasteiger partial charge in [-0.05, 0) is 50.7 Å². The summed E-state index contributed by atoms with van der Waals surface area (Å²) in [7, 11) is -0.289. The topological polar surface area (TPSA) is 34.2 Å². The van der Waals surface area contributed by atoms with Crippen molar-refractivity contribution >= 4 is 23.5 Å². The van der Waals surface area contributed by atoms with E-state index in [2.05, 4.69) is 56.9 Å². The fourth-order valence-corrected chi connectivity index (χ4v) is 2.19. The molecule has 94 valence electrons. The van der Waals surface area contributed by atoms with Gasteiger partial charge in [0.25, 0.3) is 0 Å². The van der Waals surface area contributed by atoms with Crippen molar-refractivity contribution < 1.29 is 9.31 Å². The van der Waals surface area contributed by atoms with E-state index in [9.17, 15) is 0 Å². The van der Waals surface area contributed by atoms with Crippen LogP contribution in [-0.4, -0.2) is 23.3 Å². The van der Waals surface area contributed by atoms with Crippen molar-refractivity contribution in [2.45, 2.75) is 38.9 Å². The molecule has 3 nitrogen and oxygen atoms in total. The Balaban J connectivity index is 1.96. The number of fused-ring (bicyclic) bond motifs is 1. The molecular formula is C14H18BNO2. The monoisotopic (exact) mass is 243 g/mol. The zero-order valence-electron chi connectivity index (χ0n) is 11.3. The molecule has 4 heteroatoms. The Kier molecular flexibility index (Phi) is 2.38. The van der Waals surface area contributed by atoms with E-state index in [1.807, 2.05) is 6.20 Å². The molecule has 1 aliphatic heterocycles. The summed E-state index contributed by atoms with van der Waals surface area (Å²) in [4.78, 5) is 3.21. The lowest BCUT2D eigenvalue weighted by molar-refractivity contribution is 0.00578. The van der Waals surface area contributed by atoms with Crippen LogP contribution in [0.4, 0.5) is 0 Å². The van der Waals surface area contributed by atoms with Gasteiger partial charge in [0.1, 0.15) is 0 Å². The van der Waals surface area contributed by atoms with Crippen molar-refractivity contribution in [2.24, 2.45) is 0 Å². The maximum absolute atomic E-state index is 6.04. The number of aromatic nitrogens is 1. The highest BCUT2D eigenvalue weighted by molar-refractivity contribution is 6.62. The van der Waals surface area contributed by atoms with E-state index in [0.717, 1.165) is 11.0 Å². The molecule has 1 N–H and O–H groups in total. The Morgan fingerprint density at radius 3 is 2.33 bits per heavy atom. The summed E-state index contributed by atoms with van der Waals surface area (Å²) in [5.74, 6) is 0. The molecular weight excluding hydrogens is 225 g/mol. The van der Waals surface area contributed by atoms with E-state index in [0.29, 0.717) is 0 Å². The van der Waals surface area contributed by atoms with Crippen LogP contribution in [0.2, 0.25) is 0 Å². The minimum absolute atomic E-state index is 0.289. The van der Waals surface area contributed by atoms with Crippen LogP contribution in [0.25, 0.3) is 10.9 Å². The minimum atomic E-state index is -0.289. The molecule has 2 aromatic rings. The van der Waals surface area contributed by atoms with Crippen LogP contribution in [0.1, 0.15) is 27.7 Å². The molecule has 1 aromatic heterocycles. The number of hydrogen-bond acceptors (Lipinski definition) is 2. The van der Waals surface area contributed by atoms with Gasteiger partial charge in [0.15, 0.2) is 0 Å². The molecule has 0 bridgehead atoms. The fourth-order valence-electron chi connectivity index (χ4n) is 2.19. The summed E-state index contributed by atoms with van der Waals surface area (Å²) < 4.78 is 12.1. The summed E-state index contributed by atoms with van der Waals surface area (Å²) in [5, 5.41) is 1.20. The number of H-pyrrole nitrogens is 1. The molecule has 0 aliphatic carbocycles. The zero-order valence-corrected chi connectivity index (χ0v) is 11.3. The molecule has 1 fully saturated rings. The molecule has 18 heavy (non-hydrogen) atoms. The van der Waals surface area contributed by atoms with E-state index in [4.69, 9.17) is 9.31 Å². The second-order valence-corrected chi connectivity index (χ2v) is 5.91. The Morgan fingerprint density at radius 1 is 1.00 bits per heavy atom. The summed E-state index contributed by atoms with van der Waals surface area (Å²) in [6, 6.07) is 8.31. The Bertz CT molecular complexity index is 572. The van der Waals surface area contributed by atoms with Crippen molar-refractivity contribution in [3.8, 4) is 0 Å². The predicted molar refractivity (Wildman–Crippen MR) is 74.0 cm³/mol.